The Balaban J connectivity index is 1.84. The van der Waals surface area contributed by atoms with Gasteiger partial charge in [-0.15, -0.1) is 0 Å². The molecule has 2 saturated heterocycles. The van der Waals surface area contributed by atoms with Crippen molar-refractivity contribution in [2.24, 2.45) is 5.73 Å². The maximum absolute atomic E-state index is 6.62. The zero-order chi connectivity index (χ0) is 12.6. The molecule has 5 nitrogen and oxygen atoms in total. The average molecular weight is 250 g/mol. The van der Waals surface area contributed by atoms with Gasteiger partial charge < -0.3 is 10.3 Å². The van der Waals surface area contributed by atoms with E-state index in [4.69, 9.17) is 10.3 Å². The fourth-order valence-corrected chi connectivity index (χ4v) is 3.36. The molecule has 100 valence electrons. The summed E-state index contributed by atoms with van der Waals surface area (Å²) < 4.78 is 5.30. The first-order chi connectivity index (χ1) is 8.74. The second-order valence-corrected chi connectivity index (χ2v) is 5.60. The van der Waals surface area contributed by atoms with Crippen molar-refractivity contribution in [1.29, 1.82) is 0 Å². The van der Waals surface area contributed by atoms with Crippen molar-refractivity contribution >= 4 is 0 Å². The quantitative estimate of drug-likeness (QED) is 0.879. The first-order valence-electron chi connectivity index (χ1n) is 7.10. The highest BCUT2D eigenvalue weighted by atomic mass is 16.5. The number of fused-ring (bicyclic) bond motifs is 1. The largest absolute Gasteiger partial charge is 0.339 e. The molecule has 0 amide bonds. The van der Waals surface area contributed by atoms with Crippen LogP contribution < -0.4 is 5.73 Å². The Kier molecular flexibility index (Phi) is 3.11. The number of rotatable bonds is 3. The molecule has 18 heavy (non-hydrogen) atoms. The van der Waals surface area contributed by atoms with E-state index in [-0.39, 0.29) is 0 Å². The lowest BCUT2D eigenvalue weighted by Crippen LogP contribution is -2.51. The van der Waals surface area contributed by atoms with Gasteiger partial charge >= 0.3 is 0 Å². The monoisotopic (exact) mass is 250 g/mol. The minimum atomic E-state index is -0.393. The first kappa shape index (κ1) is 12.1. The molecule has 1 aromatic rings. The van der Waals surface area contributed by atoms with Crippen molar-refractivity contribution < 1.29 is 4.52 Å². The summed E-state index contributed by atoms with van der Waals surface area (Å²) in [4.78, 5) is 7.01. The second kappa shape index (κ2) is 4.63. The van der Waals surface area contributed by atoms with Gasteiger partial charge in [-0.25, -0.2) is 0 Å². The molecule has 0 radical (unpaired) electrons. The van der Waals surface area contributed by atoms with Crippen molar-refractivity contribution in [2.45, 2.75) is 57.0 Å². The lowest BCUT2D eigenvalue weighted by atomic mass is 9.86. The standard InChI is InChI=1S/C13H22N4O/c1-2-5-11-15-12(16-18-11)13(14)7-9-17-8-4-3-6-10(13)17/h10H,2-9,14H2,1H3. The lowest BCUT2D eigenvalue weighted by molar-refractivity contribution is 0.151. The van der Waals surface area contributed by atoms with Crippen molar-refractivity contribution in [1.82, 2.24) is 15.0 Å². The highest BCUT2D eigenvalue weighted by Crippen LogP contribution is 2.38. The van der Waals surface area contributed by atoms with E-state index in [2.05, 4.69) is 22.0 Å². The molecule has 0 saturated carbocycles. The Morgan fingerprint density at radius 3 is 3.17 bits per heavy atom. The Morgan fingerprint density at radius 2 is 2.33 bits per heavy atom. The lowest BCUT2D eigenvalue weighted by Gasteiger charge is -2.36. The van der Waals surface area contributed by atoms with E-state index in [1.807, 2.05) is 0 Å². The molecule has 1 aromatic heterocycles. The molecular weight excluding hydrogens is 228 g/mol. The number of hydrogen-bond donors (Lipinski definition) is 1. The third-order valence-electron chi connectivity index (χ3n) is 4.37. The molecule has 2 N–H and O–H groups in total. The normalized spacial score (nSPS) is 32.7. The highest BCUT2D eigenvalue weighted by Gasteiger charge is 2.49. The van der Waals surface area contributed by atoms with E-state index in [1.165, 1.54) is 19.4 Å². The van der Waals surface area contributed by atoms with Crippen LogP contribution in [0.15, 0.2) is 4.52 Å². The summed E-state index contributed by atoms with van der Waals surface area (Å²) >= 11 is 0. The Labute approximate surface area is 108 Å². The average Bonchev–Trinajstić information content (AvgIpc) is 2.97. The van der Waals surface area contributed by atoms with Crippen LogP contribution in [-0.4, -0.2) is 34.2 Å². The fraction of sp³-hybridized carbons (Fsp3) is 0.846. The van der Waals surface area contributed by atoms with E-state index in [0.717, 1.165) is 43.9 Å². The second-order valence-electron chi connectivity index (χ2n) is 5.60. The van der Waals surface area contributed by atoms with Crippen LogP contribution in [-0.2, 0) is 12.0 Å². The van der Waals surface area contributed by atoms with Crippen LogP contribution in [0.2, 0.25) is 0 Å². The van der Waals surface area contributed by atoms with Crippen LogP contribution in [0.3, 0.4) is 0 Å². The zero-order valence-electron chi connectivity index (χ0n) is 11.1. The summed E-state index contributed by atoms with van der Waals surface area (Å²) in [6.07, 6.45) is 6.53. The van der Waals surface area contributed by atoms with Gasteiger partial charge in [0.25, 0.3) is 0 Å². The first-order valence-corrected chi connectivity index (χ1v) is 7.10. The predicted octanol–water partition coefficient (Wildman–Crippen LogP) is 1.43. The van der Waals surface area contributed by atoms with Gasteiger partial charge in [-0.2, -0.15) is 4.98 Å². The van der Waals surface area contributed by atoms with E-state index in [0.29, 0.717) is 6.04 Å². The van der Waals surface area contributed by atoms with Gasteiger partial charge in [-0.1, -0.05) is 18.5 Å². The third kappa shape index (κ3) is 1.86. The van der Waals surface area contributed by atoms with Crippen LogP contribution in [0.25, 0.3) is 0 Å². The molecule has 0 bridgehead atoms. The van der Waals surface area contributed by atoms with E-state index < -0.39 is 5.54 Å². The van der Waals surface area contributed by atoms with E-state index >= 15 is 0 Å². The molecule has 0 aliphatic carbocycles. The molecule has 5 heteroatoms. The third-order valence-corrected chi connectivity index (χ3v) is 4.37. The topological polar surface area (TPSA) is 68.2 Å². The van der Waals surface area contributed by atoms with Gasteiger partial charge in [0.05, 0.1) is 5.54 Å². The Hall–Kier alpha value is -0.940. The van der Waals surface area contributed by atoms with Crippen LogP contribution in [0.4, 0.5) is 0 Å². The van der Waals surface area contributed by atoms with Gasteiger partial charge in [0.1, 0.15) is 0 Å². The summed E-state index contributed by atoms with van der Waals surface area (Å²) in [6, 6.07) is 0.401. The maximum atomic E-state index is 6.62. The summed E-state index contributed by atoms with van der Waals surface area (Å²) in [5.74, 6) is 1.45. The molecule has 0 spiro atoms. The SMILES string of the molecule is CCCc1nc(C2(N)CCN3CCCCC32)no1. The van der Waals surface area contributed by atoms with E-state index in [1.54, 1.807) is 0 Å². The number of nitrogens with zero attached hydrogens (tertiary/aromatic N) is 3. The minimum absolute atomic E-state index is 0.393. The van der Waals surface area contributed by atoms with Crippen LogP contribution in [0.1, 0.15) is 50.7 Å². The van der Waals surface area contributed by atoms with Crippen molar-refractivity contribution in [3.05, 3.63) is 11.7 Å². The molecule has 2 fully saturated rings. The molecule has 2 aliphatic rings. The van der Waals surface area contributed by atoms with Crippen LogP contribution in [0, 0.1) is 0 Å². The van der Waals surface area contributed by atoms with Crippen molar-refractivity contribution in [2.75, 3.05) is 13.1 Å². The number of nitrogens with two attached hydrogens (primary N) is 1. The molecule has 2 unspecified atom stereocenters. The predicted molar refractivity (Wildman–Crippen MR) is 68.0 cm³/mol. The Morgan fingerprint density at radius 1 is 1.44 bits per heavy atom. The molecule has 3 rings (SSSR count). The number of piperidine rings is 1. The van der Waals surface area contributed by atoms with Gasteiger partial charge in [0.2, 0.25) is 5.89 Å². The van der Waals surface area contributed by atoms with Gasteiger partial charge in [0, 0.05) is 19.0 Å². The molecule has 3 heterocycles. The molecule has 2 aliphatic heterocycles. The van der Waals surface area contributed by atoms with Crippen LogP contribution in [0.5, 0.6) is 0 Å². The van der Waals surface area contributed by atoms with Gasteiger partial charge in [0.15, 0.2) is 5.82 Å². The fourth-order valence-electron chi connectivity index (χ4n) is 3.36. The minimum Gasteiger partial charge on any atom is -0.339 e. The maximum Gasteiger partial charge on any atom is 0.226 e. The number of aryl methyl sites for hydroxylation is 1. The smallest absolute Gasteiger partial charge is 0.226 e. The summed E-state index contributed by atoms with van der Waals surface area (Å²) in [7, 11) is 0. The van der Waals surface area contributed by atoms with Gasteiger partial charge in [-0.05, 0) is 32.2 Å². The number of aromatic nitrogens is 2. The highest BCUT2D eigenvalue weighted by molar-refractivity contribution is 5.14. The summed E-state index contributed by atoms with van der Waals surface area (Å²) in [5.41, 5.74) is 6.22. The Bertz CT molecular complexity index is 419. The number of hydrogen-bond acceptors (Lipinski definition) is 5. The van der Waals surface area contributed by atoms with Crippen molar-refractivity contribution in [3.8, 4) is 0 Å². The molecule has 2 atom stereocenters. The molecular formula is C13H22N4O. The van der Waals surface area contributed by atoms with Gasteiger partial charge in [-0.3, -0.25) is 4.90 Å². The molecule has 0 aromatic carbocycles. The summed E-state index contributed by atoms with van der Waals surface area (Å²) in [5, 5.41) is 4.14. The summed E-state index contributed by atoms with van der Waals surface area (Å²) in [6.45, 7) is 4.35. The van der Waals surface area contributed by atoms with E-state index in [9.17, 15) is 0 Å². The zero-order valence-corrected chi connectivity index (χ0v) is 11.1. The van der Waals surface area contributed by atoms with Crippen molar-refractivity contribution in [3.63, 3.8) is 0 Å². The van der Waals surface area contributed by atoms with Crippen LogP contribution >= 0.6 is 0 Å².